The first-order valence-corrected chi connectivity index (χ1v) is 17.2. The van der Waals surface area contributed by atoms with Crippen LogP contribution in [0.4, 0.5) is 0 Å². The molecular weight excluding hydrogens is 614 g/mol. The van der Waals surface area contributed by atoms with E-state index in [-0.39, 0.29) is 24.6 Å². The summed E-state index contributed by atoms with van der Waals surface area (Å²) < 4.78 is 0. The molecule has 0 heterocycles. The summed E-state index contributed by atoms with van der Waals surface area (Å²) in [5, 5.41) is 14.6. The Morgan fingerprint density at radius 3 is 2.04 bits per heavy atom. The third kappa shape index (κ3) is 12.4. The lowest BCUT2D eigenvalue weighted by Crippen LogP contribution is -2.55. The number of hydrogen-bond donors (Lipinski definition) is 4. The lowest BCUT2D eigenvalue weighted by Gasteiger charge is -2.33. The number of phenolic OH excluding ortho intramolecular Hbond substituents is 1. The number of amides is 4. The van der Waals surface area contributed by atoms with Gasteiger partial charge in [0.15, 0.2) is 0 Å². The van der Waals surface area contributed by atoms with Crippen LogP contribution in [0.25, 0.3) is 0 Å². The predicted octanol–water partition coefficient (Wildman–Crippen LogP) is 2.78. The molecule has 0 radical (unpaired) electrons. The molecule has 11 heteroatoms. The standard InChI is InChI=1S/C36H47N5O5S/c1-26(39-35(45)31(37)23-29-15-17-30(42)18-16-29)34(44)38-25-33(43)40(2)32(24-28-13-8-5-9-14-28)36(46)41(20-10-22-47-3)21-19-27-11-6-4-7-12-27/h4-9,11-18,26,31-32,42H,10,19-25,37H2,1-3H3,(H,38,44)(H,39,45)/t26-,31+,32+/m1/s1. The number of aromatic hydroxyl groups is 1. The Morgan fingerprint density at radius 2 is 1.43 bits per heavy atom. The molecule has 0 aromatic heterocycles. The molecule has 3 rings (SSSR count). The van der Waals surface area contributed by atoms with Gasteiger partial charge in [-0.15, -0.1) is 0 Å². The summed E-state index contributed by atoms with van der Waals surface area (Å²) in [5.74, 6) is -0.618. The number of benzene rings is 3. The molecule has 4 amide bonds. The van der Waals surface area contributed by atoms with Crippen molar-refractivity contribution in [3.63, 3.8) is 0 Å². The smallest absolute Gasteiger partial charge is 0.245 e. The zero-order valence-electron chi connectivity index (χ0n) is 27.4. The van der Waals surface area contributed by atoms with Crippen molar-refractivity contribution in [1.29, 1.82) is 0 Å². The maximum atomic E-state index is 14.2. The summed E-state index contributed by atoms with van der Waals surface area (Å²) in [7, 11) is 1.59. The third-order valence-electron chi connectivity index (χ3n) is 7.91. The minimum Gasteiger partial charge on any atom is -0.508 e. The summed E-state index contributed by atoms with van der Waals surface area (Å²) in [6, 6.07) is 23.3. The monoisotopic (exact) mass is 661 g/mol. The zero-order chi connectivity index (χ0) is 34.2. The van der Waals surface area contributed by atoms with E-state index in [2.05, 4.69) is 10.6 Å². The van der Waals surface area contributed by atoms with E-state index in [1.807, 2.05) is 71.8 Å². The number of nitrogens with zero attached hydrogens (tertiary/aromatic N) is 2. The quantitative estimate of drug-likeness (QED) is 0.154. The Hall–Kier alpha value is -4.35. The molecule has 0 aliphatic heterocycles. The van der Waals surface area contributed by atoms with Crippen molar-refractivity contribution in [2.75, 3.05) is 38.7 Å². The van der Waals surface area contributed by atoms with Gasteiger partial charge in [-0.2, -0.15) is 11.8 Å². The fraction of sp³-hybridized carbons (Fsp3) is 0.389. The van der Waals surface area contributed by atoms with Crippen LogP contribution >= 0.6 is 11.8 Å². The first-order chi connectivity index (χ1) is 22.6. The Kier molecular flexibility index (Phi) is 15.3. The molecule has 0 spiro atoms. The normalized spacial score (nSPS) is 12.8. The topological polar surface area (TPSA) is 145 Å². The first-order valence-electron chi connectivity index (χ1n) is 15.8. The Labute approximate surface area is 282 Å². The van der Waals surface area contributed by atoms with E-state index < -0.39 is 35.8 Å². The highest BCUT2D eigenvalue weighted by Gasteiger charge is 2.31. The number of phenols is 1. The number of nitrogens with two attached hydrogens (primary N) is 1. The second-order valence-corrected chi connectivity index (χ2v) is 12.5. The van der Waals surface area contributed by atoms with E-state index >= 15 is 0 Å². The van der Waals surface area contributed by atoms with Gasteiger partial charge in [-0.1, -0.05) is 72.8 Å². The summed E-state index contributed by atoms with van der Waals surface area (Å²) in [5.41, 5.74) is 8.85. The van der Waals surface area contributed by atoms with Crippen LogP contribution in [0.3, 0.4) is 0 Å². The molecule has 3 aromatic rings. The number of carbonyl (C=O) groups is 4. The van der Waals surface area contributed by atoms with Crippen molar-refractivity contribution in [3.8, 4) is 5.75 Å². The van der Waals surface area contributed by atoms with E-state index in [1.165, 1.54) is 24.0 Å². The van der Waals surface area contributed by atoms with E-state index in [1.54, 1.807) is 30.9 Å². The predicted molar refractivity (Wildman–Crippen MR) is 187 cm³/mol. The van der Waals surface area contributed by atoms with Gasteiger partial charge in [0.1, 0.15) is 17.8 Å². The molecule has 0 aliphatic carbocycles. The molecule has 5 N–H and O–H groups in total. The number of carbonyl (C=O) groups excluding carboxylic acids is 4. The van der Waals surface area contributed by atoms with E-state index in [9.17, 15) is 24.3 Å². The van der Waals surface area contributed by atoms with Crippen molar-refractivity contribution in [1.82, 2.24) is 20.4 Å². The third-order valence-corrected chi connectivity index (χ3v) is 8.61. The van der Waals surface area contributed by atoms with E-state index in [4.69, 9.17) is 5.73 Å². The maximum absolute atomic E-state index is 14.2. The summed E-state index contributed by atoms with van der Waals surface area (Å²) in [4.78, 5) is 56.3. The second-order valence-electron chi connectivity index (χ2n) is 11.5. The average Bonchev–Trinajstić information content (AvgIpc) is 3.08. The number of rotatable bonds is 18. The molecular formula is C36H47N5O5S. The highest BCUT2D eigenvalue weighted by atomic mass is 32.2. The van der Waals surface area contributed by atoms with Gasteiger partial charge in [0.2, 0.25) is 23.6 Å². The molecule has 0 saturated heterocycles. The molecule has 10 nitrogen and oxygen atoms in total. The molecule has 252 valence electrons. The van der Waals surface area contributed by atoms with Crippen molar-refractivity contribution < 1.29 is 24.3 Å². The summed E-state index contributed by atoms with van der Waals surface area (Å²) in [6.45, 7) is 2.26. The largest absolute Gasteiger partial charge is 0.508 e. The van der Waals surface area contributed by atoms with E-state index in [0.29, 0.717) is 25.9 Å². The molecule has 0 bridgehead atoms. The van der Waals surface area contributed by atoms with Crippen LogP contribution in [0.15, 0.2) is 84.9 Å². The van der Waals surface area contributed by atoms with Gasteiger partial charge >= 0.3 is 0 Å². The lowest BCUT2D eigenvalue weighted by molar-refractivity contribution is -0.144. The van der Waals surface area contributed by atoms with Crippen LogP contribution in [0.2, 0.25) is 0 Å². The van der Waals surface area contributed by atoms with Crippen LogP contribution in [0.1, 0.15) is 30.0 Å². The van der Waals surface area contributed by atoms with Crippen molar-refractivity contribution in [3.05, 3.63) is 102 Å². The van der Waals surface area contributed by atoms with Crippen LogP contribution in [-0.2, 0) is 38.4 Å². The Bertz CT molecular complexity index is 1420. The fourth-order valence-electron chi connectivity index (χ4n) is 5.06. The zero-order valence-corrected chi connectivity index (χ0v) is 28.2. The minimum atomic E-state index is -0.946. The number of thioether (sulfide) groups is 1. The van der Waals surface area contributed by atoms with Crippen LogP contribution < -0.4 is 16.4 Å². The number of hydrogen-bond acceptors (Lipinski definition) is 7. The van der Waals surface area contributed by atoms with Gasteiger partial charge in [0.25, 0.3) is 0 Å². The van der Waals surface area contributed by atoms with Crippen LogP contribution in [0.5, 0.6) is 5.75 Å². The molecule has 0 fully saturated rings. The Balaban J connectivity index is 1.64. The SMILES string of the molecule is CSCCCN(CCc1ccccc1)C(=O)[C@H](Cc1ccccc1)N(C)C(=O)CNC(=O)[C@@H](C)NC(=O)[C@@H](N)Cc1ccc(O)cc1. The van der Waals surface area contributed by atoms with Gasteiger partial charge < -0.3 is 31.3 Å². The minimum absolute atomic E-state index is 0.111. The molecule has 0 aliphatic rings. The first kappa shape index (κ1) is 37.1. The fourth-order valence-corrected chi connectivity index (χ4v) is 5.48. The van der Waals surface area contributed by atoms with Crippen molar-refractivity contribution in [2.24, 2.45) is 5.73 Å². The molecule has 0 unspecified atom stereocenters. The molecule has 47 heavy (non-hydrogen) atoms. The van der Waals surface area contributed by atoms with Gasteiger partial charge in [-0.3, -0.25) is 19.2 Å². The maximum Gasteiger partial charge on any atom is 0.245 e. The van der Waals surface area contributed by atoms with E-state index in [0.717, 1.165) is 28.9 Å². The Morgan fingerprint density at radius 1 is 0.830 bits per heavy atom. The van der Waals surface area contributed by atoms with Crippen molar-refractivity contribution in [2.45, 2.75) is 50.7 Å². The molecule has 3 atom stereocenters. The highest BCUT2D eigenvalue weighted by molar-refractivity contribution is 7.98. The molecule has 3 aromatic carbocycles. The average molecular weight is 662 g/mol. The summed E-state index contributed by atoms with van der Waals surface area (Å²) in [6.07, 6.45) is 4.11. The number of nitrogens with one attached hydrogen (secondary N) is 2. The second kappa shape index (κ2) is 19.3. The van der Waals surface area contributed by atoms with Crippen LogP contribution in [0, 0.1) is 0 Å². The van der Waals surface area contributed by atoms with Crippen LogP contribution in [-0.4, -0.2) is 95.4 Å². The van der Waals surface area contributed by atoms with Gasteiger partial charge in [0, 0.05) is 26.6 Å². The van der Waals surface area contributed by atoms with Gasteiger partial charge in [-0.05, 0) is 67.0 Å². The molecule has 0 saturated carbocycles. The number of likely N-dealkylation sites (N-methyl/N-ethyl adjacent to an activating group) is 1. The highest BCUT2D eigenvalue weighted by Crippen LogP contribution is 2.14. The van der Waals surface area contributed by atoms with Gasteiger partial charge in [0.05, 0.1) is 12.6 Å². The van der Waals surface area contributed by atoms with Gasteiger partial charge in [-0.25, -0.2) is 0 Å². The lowest BCUT2D eigenvalue weighted by atomic mass is 10.0. The summed E-state index contributed by atoms with van der Waals surface area (Å²) >= 11 is 1.72. The van der Waals surface area contributed by atoms with Crippen molar-refractivity contribution >= 4 is 35.4 Å².